The Morgan fingerprint density at radius 3 is 2.00 bits per heavy atom. The molecule has 2 N–H and O–H groups in total. The summed E-state index contributed by atoms with van der Waals surface area (Å²) in [6.45, 7) is 0. The van der Waals surface area contributed by atoms with Gasteiger partial charge in [0, 0.05) is 6.04 Å². The van der Waals surface area contributed by atoms with Crippen LogP contribution in [0.3, 0.4) is 0 Å². The lowest BCUT2D eigenvalue weighted by Gasteiger charge is -2.22. The van der Waals surface area contributed by atoms with E-state index in [2.05, 4.69) is 29.6 Å². The van der Waals surface area contributed by atoms with Crippen LogP contribution in [0.1, 0.15) is 17.5 Å². The zero-order valence-electron chi connectivity index (χ0n) is 12.0. The number of likely N-dealkylation sites (N-methyl/N-ethyl adjacent to an activating group) is 1. The van der Waals surface area contributed by atoms with Gasteiger partial charge in [0.1, 0.15) is 0 Å². The molecule has 106 valence electrons. The molecule has 0 aliphatic carbocycles. The Balaban J connectivity index is 1.87. The van der Waals surface area contributed by atoms with E-state index in [1.54, 1.807) is 0 Å². The number of nitrogens with one attached hydrogen (secondary N) is 1. The largest absolute Gasteiger partial charge is 0.391 e. The van der Waals surface area contributed by atoms with Gasteiger partial charge in [0.05, 0.1) is 6.10 Å². The van der Waals surface area contributed by atoms with E-state index in [1.807, 2.05) is 43.4 Å². The van der Waals surface area contributed by atoms with Crippen molar-refractivity contribution in [1.82, 2.24) is 5.32 Å². The van der Waals surface area contributed by atoms with Gasteiger partial charge in [-0.3, -0.25) is 0 Å². The molecule has 2 nitrogen and oxygen atoms in total. The van der Waals surface area contributed by atoms with Gasteiger partial charge in [0.2, 0.25) is 0 Å². The Bertz CT molecular complexity index is 483. The fourth-order valence-electron chi connectivity index (χ4n) is 2.46. The average Bonchev–Trinajstić information content (AvgIpc) is 2.52. The van der Waals surface area contributed by atoms with E-state index in [9.17, 15) is 5.11 Å². The minimum Gasteiger partial charge on any atom is -0.391 e. The minimum atomic E-state index is -0.333. The highest BCUT2D eigenvalue weighted by atomic mass is 16.3. The first-order valence-corrected chi connectivity index (χ1v) is 7.23. The van der Waals surface area contributed by atoms with Crippen molar-refractivity contribution in [1.29, 1.82) is 0 Å². The van der Waals surface area contributed by atoms with E-state index in [-0.39, 0.29) is 12.1 Å². The molecule has 2 aromatic rings. The topological polar surface area (TPSA) is 32.3 Å². The standard InChI is InChI=1S/C18H23NO/c1-19-17(14-16-10-6-3-7-11-16)18(20)13-12-15-8-4-2-5-9-15/h2-11,17-20H,12-14H2,1H3. The molecule has 2 rings (SSSR count). The molecular weight excluding hydrogens is 246 g/mol. The molecule has 0 aliphatic rings. The fourth-order valence-corrected chi connectivity index (χ4v) is 2.46. The van der Waals surface area contributed by atoms with Gasteiger partial charge in [0.15, 0.2) is 0 Å². The lowest BCUT2D eigenvalue weighted by molar-refractivity contribution is 0.122. The van der Waals surface area contributed by atoms with Crippen LogP contribution in [0.2, 0.25) is 0 Å². The number of hydrogen-bond donors (Lipinski definition) is 2. The smallest absolute Gasteiger partial charge is 0.0699 e. The molecule has 0 radical (unpaired) electrons. The summed E-state index contributed by atoms with van der Waals surface area (Å²) in [6.07, 6.45) is 2.21. The first-order chi connectivity index (χ1) is 9.79. The van der Waals surface area contributed by atoms with Crippen LogP contribution in [0.4, 0.5) is 0 Å². The average molecular weight is 269 g/mol. The van der Waals surface area contributed by atoms with Gasteiger partial charge in [-0.15, -0.1) is 0 Å². The number of hydrogen-bond acceptors (Lipinski definition) is 2. The van der Waals surface area contributed by atoms with Crippen LogP contribution in [-0.4, -0.2) is 24.3 Å². The van der Waals surface area contributed by atoms with Crippen molar-refractivity contribution in [3.8, 4) is 0 Å². The van der Waals surface area contributed by atoms with E-state index in [0.29, 0.717) is 0 Å². The molecule has 0 heterocycles. The Hall–Kier alpha value is -1.64. The second-order valence-corrected chi connectivity index (χ2v) is 5.18. The second kappa shape index (κ2) is 7.83. The van der Waals surface area contributed by atoms with E-state index in [4.69, 9.17) is 0 Å². The summed E-state index contributed by atoms with van der Waals surface area (Å²) < 4.78 is 0. The van der Waals surface area contributed by atoms with E-state index < -0.39 is 0 Å². The number of aryl methyl sites for hydroxylation is 1. The third-order valence-electron chi connectivity index (χ3n) is 3.71. The number of benzene rings is 2. The summed E-state index contributed by atoms with van der Waals surface area (Å²) in [5.41, 5.74) is 2.53. The molecule has 0 aromatic heterocycles. The van der Waals surface area contributed by atoms with Crippen molar-refractivity contribution in [2.75, 3.05) is 7.05 Å². The summed E-state index contributed by atoms with van der Waals surface area (Å²) in [6, 6.07) is 20.7. The first-order valence-electron chi connectivity index (χ1n) is 7.23. The Morgan fingerprint density at radius 1 is 0.900 bits per heavy atom. The first kappa shape index (κ1) is 14.8. The third-order valence-corrected chi connectivity index (χ3v) is 3.71. The van der Waals surface area contributed by atoms with E-state index in [0.717, 1.165) is 19.3 Å². The van der Waals surface area contributed by atoms with Gasteiger partial charge in [-0.05, 0) is 37.4 Å². The molecule has 20 heavy (non-hydrogen) atoms. The van der Waals surface area contributed by atoms with Crippen molar-refractivity contribution in [3.05, 3.63) is 71.8 Å². The zero-order valence-corrected chi connectivity index (χ0v) is 12.0. The molecule has 0 aliphatic heterocycles. The highest BCUT2D eigenvalue weighted by molar-refractivity contribution is 5.17. The predicted octanol–water partition coefficient (Wildman–Crippen LogP) is 2.81. The number of rotatable bonds is 7. The van der Waals surface area contributed by atoms with Gasteiger partial charge < -0.3 is 10.4 Å². The summed E-state index contributed by atoms with van der Waals surface area (Å²) >= 11 is 0. The number of aliphatic hydroxyl groups excluding tert-OH is 1. The van der Waals surface area contributed by atoms with Gasteiger partial charge in [-0.2, -0.15) is 0 Å². The van der Waals surface area contributed by atoms with Crippen LogP contribution in [-0.2, 0) is 12.8 Å². The van der Waals surface area contributed by atoms with Crippen LogP contribution in [0.25, 0.3) is 0 Å². The van der Waals surface area contributed by atoms with Crippen molar-refractivity contribution in [2.24, 2.45) is 0 Å². The van der Waals surface area contributed by atoms with Crippen LogP contribution >= 0.6 is 0 Å². The second-order valence-electron chi connectivity index (χ2n) is 5.18. The van der Waals surface area contributed by atoms with Crippen LogP contribution in [0, 0.1) is 0 Å². The number of aliphatic hydroxyl groups is 1. The molecule has 0 saturated heterocycles. The minimum absolute atomic E-state index is 0.0983. The molecule has 0 bridgehead atoms. The van der Waals surface area contributed by atoms with Gasteiger partial charge in [-0.1, -0.05) is 60.7 Å². The maximum Gasteiger partial charge on any atom is 0.0699 e. The Morgan fingerprint density at radius 2 is 1.45 bits per heavy atom. The Labute approximate surface area is 121 Å². The monoisotopic (exact) mass is 269 g/mol. The molecule has 0 spiro atoms. The summed E-state index contributed by atoms with van der Waals surface area (Å²) in [7, 11) is 1.92. The molecule has 0 amide bonds. The van der Waals surface area contributed by atoms with E-state index >= 15 is 0 Å². The lowest BCUT2D eigenvalue weighted by atomic mass is 9.97. The van der Waals surface area contributed by atoms with Crippen LogP contribution in [0.15, 0.2) is 60.7 Å². The molecule has 0 saturated carbocycles. The summed E-state index contributed by atoms with van der Waals surface area (Å²) in [5, 5.41) is 13.6. The summed E-state index contributed by atoms with van der Waals surface area (Å²) in [5.74, 6) is 0. The SMILES string of the molecule is CNC(Cc1ccccc1)C(O)CCc1ccccc1. The molecular formula is C18H23NO. The molecule has 2 heteroatoms. The lowest BCUT2D eigenvalue weighted by Crippen LogP contribution is -2.39. The third kappa shape index (κ3) is 4.48. The quantitative estimate of drug-likeness (QED) is 0.810. The molecule has 2 aromatic carbocycles. The highest BCUT2D eigenvalue weighted by Crippen LogP contribution is 2.11. The van der Waals surface area contributed by atoms with Crippen molar-refractivity contribution >= 4 is 0 Å². The van der Waals surface area contributed by atoms with Crippen molar-refractivity contribution in [3.63, 3.8) is 0 Å². The van der Waals surface area contributed by atoms with Gasteiger partial charge >= 0.3 is 0 Å². The van der Waals surface area contributed by atoms with Crippen molar-refractivity contribution < 1.29 is 5.11 Å². The predicted molar refractivity (Wildman–Crippen MR) is 83.8 cm³/mol. The van der Waals surface area contributed by atoms with Crippen LogP contribution < -0.4 is 5.32 Å². The zero-order chi connectivity index (χ0) is 14.2. The highest BCUT2D eigenvalue weighted by Gasteiger charge is 2.17. The fraction of sp³-hybridized carbons (Fsp3) is 0.333. The maximum absolute atomic E-state index is 10.4. The van der Waals surface area contributed by atoms with Crippen molar-refractivity contribution in [2.45, 2.75) is 31.4 Å². The molecule has 2 unspecified atom stereocenters. The van der Waals surface area contributed by atoms with Gasteiger partial charge in [-0.25, -0.2) is 0 Å². The normalized spacial score (nSPS) is 13.9. The van der Waals surface area contributed by atoms with E-state index in [1.165, 1.54) is 11.1 Å². The van der Waals surface area contributed by atoms with Gasteiger partial charge in [0.25, 0.3) is 0 Å². The van der Waals surface area contributed by atoms with Crippen LogP contribution in [0.5, 0.6) is 0 Å². The summed E-state index contributed by atoms with van der Waals surface area (Å²) in [4.78, 5) is 0. The maximum atomic E-state index is 10.4. The Kier molecular flexibility index (Phi) is 5.78. The molecule has 2 atom stereocenters. The molecule has 0 fully saturated rings.